The molecule has 2 aromatic rings. The molecule has 3 nitrogen and oxygen atoms in total. The van der Waals surface area contributed by atoms with Crippen LogP contribution in [0.25, 0.3) is 0 Å². The highest BCUT2D eigenvalue weighted by Gasteiger charge is 2.12. The number of anilines is 2. The Labute approximate surface area is 139 Å². The van der Waals surface area contributed by atoms with Crippen LogP contribution in [0.5, 0.6) is 0 Å². The van der Waals surface area contributed by atoms with Gasteiger partial charge in [0, 0.05) is 11.4 Å². The van der Waals surface area contributed by atoms with Crippen LogP contribution in [0.3, 0.4) is 0 Å². The standard InChI is InChI=1S/C20H26N2O/c1-13(2)17-8-6-7-16(5)20(17)22-19(23)12-21-18-11-14(3)9-10-15(18)4/h6-11,13,21H,12H2,1-5H3,(H,22,23). The lowest BCUT2D eigenvalue weighted by Gasteiger charge is -2.17. The Bertz CT molecular complexity index is 705. The van der Waals surface area contributed by atoms with E-state index in [0.29, 0.717) is 5.92 Å². The Hall–Kier alpha value is -2.29. The summed E-state index contributed by atoms with van der Waals surface area (Å²) in [6.45, 7) is 10.7. The maximum Gasteiger partial charge on any atom is 0.243 e. The first-order chi connectivity index (χ1) is 10.9. The number of para-hydroxylation sites is 1. The van der Waals surface area contributed by atoms with Crippen molar-refractivity contribution in [3.8, 4) is 0 Å². The van der Waals surface area contributed by atoms with Crippen LogP contribution in [0.4, 0.5) is 11.4 Å². The summed E-state index contributed by atoms with van der Waals surface area (Å²) in [5.74, 6) is 0.347. The van der Waals surface area contributed by atoms with Crippen molar-refractivity contribution in [1.29, 1.82) is 0 Å². The van der Waals surface area contributed by atoms with Crippen LogP contribution in [0, 0.1) is 20.8 Å². The second-order valence-corrected chi connectivity index (χ2v) is 6.41. The van der Waals surface area contributed by atoms with E-state index in [1.807, 2.05) is 32.9 Å². The van der Waals surface area contributed by atoms with E-state index in [9.17, 15) is 4.79 Å². The van der Waals surface area contributed by atoms with Crippen molar-refractivity contribution in [2.45, 2.75) is 40.5 Å². The molecule has 0 aliphatic heterocycles. The maximum absolute atomic E-state index is 12.3. The predicted molar refractivity (Wildman–Crippen MR) is 98.3 cm³/mol. The zero-order valence-corrected chi connectivity index (χ0v) is 14.7. The van der Waals surface area contributed by atoms with Crippen LogP contribution in [0.1, 0.15) is 42.0 Å². The molecule has 122 valence electrons. The number of carbonyl (C=O) groups excluding carboxylic acids is 1. The highest BCUT2D eigenvalue weighted by molar-refractivity contribution is 5.95. The van der Waals surface area contributed by atoms with E-state index >= 15 is 0 Å². The summed E-state index contributed by atoms with van der Waals surface area (Å²) < 4.78 is 0. The minimum absolute atomic E-state index is 0.0258. The first kappa shape index (κ1) is 17.1. The highest BCUT2D eigenvalue weighted by atomic mass is 16.1. The Morgan fingerprint density at radius 3 is 2.48 bits per heavy atom. The number of nitrogens with one attached hydrogen (secondary N) is 2. The lowest BCUT2D eigenvalue weighted by Crippen LogP contribution is -2.23. The van der Waals surface area contributed by atoms with Gasteiger partial charge in [0.15, 0.2) is 0 Å². The Kier molecular flexibility index (Phi) is 5.43. The van der Waals surface area contributed by atoms with Crippen LogP contribution in [-0.2, 0) is 4.79 Å². The van der Waals surface area contributed by atoms with Gasteiger partial charge in [-0.2, -0.15) is 0 Å². The summed E-state index contributed by atoms with van der Waals surface area (Å²) in [5, 5.41) is 6.29. The van der Waals surface area contributed by atoms with Gasteiger partial charge in [0.25, 0.3) is 0 Å². The van der Waals surface area contributed by atoms with Crippen molar-refractivity contribution in [3.05, 3.63) is 58.7 Å². The summed E-state index contributed by atoms with van der Waals surface area (Å²) in [4.78, 5) is 12.3. The molecular weight excluding hydrogens is 284 g/mol. The fraction of sp³-hybridized carbons (Fsp3) is 0.350. The van der Waals surface area contributed by atoms with Gasteiger partial charge < -0.3 is 10.6 Å². The molecular formula is C20H26N2O. The Balaban J connectivity index is 2.07. The largest absolute Gasteiger partial charge is 0.376 e. The van der Waals surface area contributed by atoms with E-state index in [1.165, 1.54) is 11.1 Å². The molecule has 1 amide bonds. The van der Waals surface area contributed by atoms with Crippen LogP contribution in [-0.4, -0.2) is 12.5 Å². The first-order valence-corrected chi connectivity index (χ1v) is 8.09. The zero-order valence-electron chi connectivity index (χ0n) is 14.7. The molecule has 2 aromatic carbocycles. The SMILES string of the molecule is Cc1ccc(C)c(NCC(=O)Nc2c(C)cccc2C(C)C)c1. The van der Waals surface area contributed by atoms with Crippen LogP contribution in [0.2, 0.25) is 0 Å². The first-order valence-electron chi connectivity index (χ1n) is 8.09. The van der Waals surface area contributed by atoms with Crippen LogP contribution >= 0.6 is 0 Å². The van der Waals surface area contributed by atoms with E-state index in [0.717, 1.165) is 22.5 Å². The van der Waals surface area contributed by atoms with E-state index in [4.69, 9.17) is 0 Å². The minimum Gasteiger partial charge on any atom is -0.376 e. The van der Waals surface area contributed by atoms with Gasteiger partial charge in [-0.15, -0.1) is 0 Å². The number of benzene rings is 2. The number of amides is 1. The minimum atomic E-state index is -0.0258. The van der Waals surface area contributed by atoms with Gasteiger partial charge in [0.2, 0.25) is 5.91 Å². The molecule has 0 saturated heterocycles. The predicted octanol–water partition coefficient (Wildman–Crippen LogP) is 4.79. The average Bonchev–Trinajstić information content (AvgIpc) is 2.50. The second-order valence-electron chi connectivity index (χ2n) is 6.41. The van der Waals surface area contributed by atoms with Crippen molar-refractivity contribution in [1.82, 2.24) is 0 Å². The molecule has 0 fully saturated rings. The van der Waals surface area contributed by atoms with E-state index in [-0.39, 0.29) is 12.5 Å². The van der Waals surface area contributed by atoms with Crippen molar-refractivity contribution in [3.63, 3.8) is 0 Å². The van der Waals surface area contributed by atoms with Gasteiger partial charge in [-0.1, -0.05) is 44.2 Å². The monoisotopic (exact) mass is 310 g/mol. The number of hydrogen-bond donors (Lipinski definition) is 2. The van der Waals surface area contributed by atoms with Crippen LogP contribution in [0.15, 0.2) is 36.4 Å². The van der Waals surface area contributed by atoms with Gasteiger partial charge in [0.05, 0.1) is 6.54 Å². The lowest BCUT2D eigenvalue weighted by atomic mass is 9.98. The number of hydrogen-bond acceptors (Lipinski definition) is 2. The van der Waals surface area contributed by atoms with Gasteiger partial charge >= 0.3 is 0 Å². The Morgan fingerprint density at radius 2 is 1.78 bits per heavy atom. The molecule has 0 bridgehead atoms. The van der Waals surface area contributed by atoms with Crippen molar-refractivity contribution < 1.29 is 4.79 Å². The fourth-order valence-corrected chi connectivity index (χ4v) is 2.63. The highest BCUT2D eigenvalue weighted by Crippen LogP contribution is 2.27. The summed E-state index contributed by atoms with van der Waals surface area (Å²) in [7, 11) is 0. The summed E-state index contributed by atoms with van der Waals surface area (Å²) in [5.41, 5.74) is 6.53. The van der Waals surface area contributed by atoms with Gasteiger partial charge in [-0.25, -0.2) is 0 Å². The normalized spacial score (nSPS) is 10.7. The fourth-order valence-electron chi connectivity index (χ4n) is 2.63. The molecule has 0 atom stereocenters. The summed E-state index contributed by atoms with van der Waals surface area (Å²) in [6.07, 6.45) is 0. The Morgan fingerprint density at radius 1 is 1.04 bits per heavy atom. The summed E-state index contributed by atoms with van der Waals surface area (Å²) >= 11 is 0. The molecule has 23 heavy (non-hydrogen) atoms. The molecule has 0 radical (unpaired) electrons. The third-order valence-electron chi connectivity index (χ3n) is 4.02. The van der Waals surface area contributed by atoms with E-state index < -0.39 is 0 Å². The molecule has 2 rings (SSSR count). The molecule has 0 aliphatic carbocycles. The molecule has 0 aliphatic rings. The van der Waals surface area contributed by atoms with Gasteiger partial charge in [0.1, 0.15) is 0 Å². The van der Waals surface area contributed by atoms with Crippen molar-refractivity contribution >= 4 is 17.3 Å². The van der Waals surface area contributed by atoms with E-state index in [1.54, 1.807) is 0 Å². The molecule has 0 spiro atoms. The number of carbonyl (C=O) groups is 1. The third kappa shape index (κ3) is 4.35. The smallest absolute Gasteiger partial charge is 0.243 e. The van der Waals surface area contributed by atoms with Crippen LogP contribution < -0.4 is 10.6 Å². The molecule has 0 aromatic heterocycles. The van der Waals surface area contributed by atoms with E-state index in [2.05, 4.69) is 48.7 Å². The molecule has 0 unspecified atom stereocenters. The average molecular weight is 310 g/mol. The third-order valence-corrected chi connectivity index (χ3v) is 4.02. The molecule has 0 saturated carbocycles. The molecule has 0 heterocycles. The molecule has 3 heteroatoms. The van der Waals surface area contributed by atoms with Crippen molar-refractivity contribution in [2.24, 2.45) is 0 Å². The molecule has 2 N–H and O–H groups in total. The lowest BCUT2D eigenvalue weighted by molar-refractivity contribution is -0.114. The maximum atomic E-state index is 12.3. The van der Waals surface area contributed by atoms with Gasteiger partial charge in [-0.05, 0) is 55.0 Å². The topological polar surface area (TPSA) is 41.1 Å². The van der Waals surface area contributed by atoms with Crippen molar-refractivity contribution in [2.75, 3.05) is 17.2 Å². The quantitative estimate of drug-likeness (QED) is 0.834. The zero-order chi connectivity index (χ0) is 17.0. The second kappa shape index (κ2) is 7.32. The number of rotatable bonds is 5. The summed E-state index contributed by atoms with van der Waals surface area (Å²) in [6, 6.07) is 12.3. The van der Waals surface area contributed by atoms with Gasteiger partial charge in [-0.3, -0.25) is 4.79 Å². The number of aryl methyl sites for hydroxylation is 3.